The molecule has 0 atom stereocenters. The molecule has 0 heterocycles. The van der Waals surface area contributed by atoms with Crippen molar-refractivity contribution < 1.29 is 9.47 Å². The third-order valence-corrected chi connectivity index (χ3v) is 3.97. The highest BCUT2D eigenvalue weighted by Crippen LogP contribution is 2.24. The molecule has 124 valence electrons. The van der Waals surface area contributed by atoms with Crippen molar-refractivity contribution in [1.29, 1.82) is 0 Å². The smallest absolute Gasteiger partial charge is 0.119 e. The third-order valence-electron chi connectivity index (χ3n) is 3.97. The van der Waals surface area contributed by atoms with Gasteiger partial charge >= 0.3 is 0 Å². The van der Waals surface area contributed by atoms with Crippen LogP contribution in [0.5, 0.6) is 5.75 Å². The van der Waals surface area contributed by atoms with E-state index in [1.807, 2.05) is 12.1 Å². The second kappa shape index (κ2) is 7.65. The molecule has 0 aliphatic rings. The summed E-state index contributed by atoms with van der Waals surface area (Å²) in [4.78, 5) is 0. The largest absolute Gasteiger partial charge is 0.491 e. The summed E-state index contributed by atoms with van der Waals surface area (Å²) in [6.45, 7) is 12.7. The summed E-state index contributed by atoms with van der Waals surface area (Å²) in [7, 11) is 0. The fraction of sp³-hybridized carbons (Fsp3) is 0.429. The normalized spacial score (nSPS) is 11.5. The number of ether oxygens (including phenoxy) is 2. The van der Waals surface area contributed by atoms with Gasteiger partial charge in [0.2, 0.25) is 0 Å². The van der Waals surface area contributed by atoms with E-state index in [2.05, 4.69) is 65.0 Å². The summed E-state index contributed by atoms with van der Waals surface area (Å²) in [5.74, 6) is 0.896. The lowest BCUT2D eigenvalue weighted by atomic mass is 9.87. The van der Waals surface area contributed by atoms with Crippen LogP contribution in [-0.2, 0) is 16.8 Å². The topological polar surface area (TPSA) is 18.5 Å². The number of hydrogen-bond donors (Lipinski definition) is 0. The molecule has 2 heteroatoms. The monoisotopic (exact) mass is 312 g/mol. The predicted molar refractivity (Wildman–Crippen MR) is 96.2 cm³/mol. The number of hydrogen-bond acceptors (Lipinski definition) is 2. The molecule has 0 amide bonds. The van der Waals surface area contributed by atoms with E-state index in [9.17, 15) is 0 Å². The summed E-state index contributed by atoms with van der Waals surface area (Å²) in [5, 5.41) is 0. The highest BCUT2D eigenvalue weighted by molar-refractivity contribution is 5.31. The van der Waals surface area contributed by atoms with E-state index in [4.69, 9.17) is 9.47 Å². The zero-order valence-corrected chi connectivity index (χ0v) is 15.0. The lowest BCUT2D eigenvalue weighted by Gasteiger charge is -2.19. The number of benzene rings is 2. The Bertz CT molecular complexity index is 621. The first-order valence-corrected chi connectivity index (χ1v) is 8.23. The van der Waals surface area contributed by atoms with Crippen molar-refractivity contribution in [3.05, 3.63) is 64.7 Å². The van der Waals surface area contributed by atoms with Gasteiger partial charge in [-0.15, -0.1) is 0 Å². The maximum Gasteiger partial charge on any atom is 0.119 e. The van der Waals surface area contributed by atoms with Gasteiger partial charge in [-0.2, -0.15) is 0 Å². The van der Waals surface area contributed by atoms with Crippen molar-refractivity contribution in [3.8, 4) is 5.75 Å². The first-order chi connectivity index (χ1) is 10.9. The second-order valence-corrected chi connectivity index (χ2v) is 7.11. The first kappa shape index (κ1) is 17.6. The van der Waals surface area contributed by atoms with Gasteiger partial charge in [0.15, 0.2) is 0 Å². The molecule has 2 rings (SSSR count). The quantitative estimate of drug-likeness (QED) is 0.683. The molecule has 0 fully saturated rings. The molecule has 0 aromatic heterocycles. The highest BCUT2D eigenvalue weighted by atomic mass is 16.5. The van der Waals surface area contributed by atoms with Crippen molar-refractivity contribution in [3.63, 3.8) is 0 Å². The standard InChI is InChI=1S/C21H28O2/c1-16-6-7-18(17(2)14-16)15-22-12-13-23-20-10-8-19(9-11-20)21(3,4)5/h6-11,14H,12-13,15H2,1-5H3. The lowest BCUT2D eigenvalue weighted by molar-refractivity contribution is 0.0886. The summed E-state index contributed by atoms with van der Waals surface area (Å²) in [6.07, 6.45) is 0. The molecule has 0 spiro atoms. The van der Waals surface area contributed by atoms with Crippen LogP contribution in [0.3, 0.4) is 0 Å². The van der Waals surface area contributed by atoms with Gasteiger partial charge in [0, 0.05) is 0 Å². The van der Waals surface area contributed by atoms with Crippen molar-refractivity contribution in [2.75, 3.05) is 13.2 Å². The zero-order valence-electron chi connectivity index (χ0n) is 15.0. The van der Waals surface area contributed by atoms with Crippen molar-refractivity contribution >= 4 is 0 Å². The maximum absolute atomic E-state index is 5.74. The van der Waals surface area contributed by atoms with Crippen molar-refractivity contribution in [2.24, 2.45) is 0 Å². The van der Waals surface area contributed by atoms with Gasteiger partial charge in [-0.3, -0.25) is 0 Å². The Morgan fingerprint density at radius 3 is 2.17 bits per heavy atom. The van der Waals surface area contributed by atoms with E-state index < -0.39 is 0 Å². The molecule has 0 radical (unpaired) electrons. The Morgan fingerprint density at radius 2 is 1.57 bits per heavy atom. The van der Waals surface area contributed by atoms with Gasteiger partial charge in [-0.05, 0) is 48.1 Å². The predicted octanol–water partition coefficient (Wildman–Crippen LogP) is 5.20. The lowest BCUT2D eigenvalue weighted by Crippen LogP contribution is -2.11. The summed E-state index contributed by atoms with van der Waals surface area (Å²) in [6, 6.07) is 14.8. The Balaban J connectivity index is 1.73. The van der Waals surface area contributed by atoms with E-state index in [1.165, 1.54) is 22.3 Å². The Morgan fingerprint density at radius 1 is 0.870 bits per heavy atom. The Kier molecular flexibility index (Phi) is 5.84. The Labute approximate surface area is 140 Å². The first-order valence-electron chi connectivity index (χ1n) is 8.23. The molecule has 0 aliphatic carbocycles. The van der Waals surface area contributed by atoms with Crippen LogP contribution < -0.4 is 4.74 Å². The minimum Gasteiger partial charge on any atom is -0.491 e. The van der Waals surface area contributed by atoms with Crippen LogP contribution in [0.4, 0.5) is 0 Å². The van der Waals surface area contributed by atoms with E-state index >= 15 is 0 Å². The minimum absolute atomic E-state index is 0.174. The van der Waals surface area contributed by atoms with Gasteiger partial charge in [0.05, 0.1) is 13.2 Å². The SMILES string of the molecule is Cc1ccc(COCCOc2ccc(C(C)(C)C)cc2)c(C)c1. The molecule has 2 nitrogen and oxygen atoms in total. The molecule has 0 saturated heterocycles. The number of aryl methyl sites for hydroxylation is 2. The minimum atomic E-state index is 0.174. The van der Waals surface area contributed by atoms with Crippen LogP contribution in [-0.4, -0.2) is 13.2 Å². The van der Waals surface area contributed by atoms with Gasteiger partial charge in [0.1, 0.15) is 12.4 Å². The molecule has 0 unspecified atom stereocenters. The Hall–Kier alpha value is -1.80. The van der Waals surface area contributed by atoms with Gasteiger partial charge < -0.3 is 9.47 Å². The van der Waals surface area contributed by atoms with E-state index in [0.29, 0.717) is 19.8 Å². The molecular formula is C21H28O2. The summed E-state index contributed by atoms with van der Waals surface area (Å²) in [5.41, 5.74) is 5.30. The fourth-order valence-corrected chi connectivity index (χ4v) is 2.46. The maximum atomic E-state index is 5.74. The number of rotatable bonds is 6. The van der Waals surface area contributed by atoms with E-state index in [1.54, 1.807) is 0 Å². The second-order valence-electron chi connectivity index (χ2n) is 7.11. The van der Waals surface area contributed by atoms with Crippen LogP contribution in [0, 0.1) is 13.8 Å². The molecule has 0 N–H and O–H groups in total. The van der Waals surface area contributed by atoms with Crippen molar-refractivity contribution in [2.45, 2.75) is 46.6 Å². The third kappa shape index (κ3) is 5.40. The fourth-order valence-electron chi connectivity index (χ4n) is 2.46. The van der Waals surface area contributed by atoms with Crippen LogP contribution in [0.2, 0.25) is 0 Å². The average Bonchev–Trinajstić information content (AvgIpc) is 2.48. The molecule has 2 aromatic rings. The van der Waals surface area contributed by atoms with Gasteiger partial charge in [-0.25, -0.2) is 0 Å². The summed E-state index contributed by atoms with van der Waals surface area (Å²) >= 11 is 0. The molecular weight excluding hydrogens is 284 g/mol. The van der Waals surface area contributed by atoms with Crippen LogP contribution >= 0.6 is 0 Å². The molecule has 2 aromatic carbocycles. The zero-order chi connectivity index (χ0) is 16.9. The molecule has 0 bridgehead atoms. The average molecular weight is 312 g/mol. The van der Waals surface area contributed by atoms with E-state index in [-0.39, 0.29) is 5.41 Å². The molecule has 0 aliphatic heterocycles. The highest BCUT2D eigenvalue weighted by Gasteiger charge is 2.12. The van der Waals surface area contributed by atoms with Crippen LogP contribution in [0.25, 0.3) is 0 Å². The van der Waals surface area contributed by atoms with Crippen LogP contribution in [0.1, 0.15) is 43.0 Å². The van der Waals surface area contributed by atoms with Crippen LogP contribution in [0.15, 0.2) is 42.5 Å². The van der Waals surface area contributed by atoms with E-state index in [0.717, 1.165) is 5.75 Å². The van der Waals surface area contributed by atoms with Gasteiger partial charge in [0.25, 0.3) is 0 Å². The molecule has 23 heavy (non-hydrogen) atoms. The van der Waals surface area contributed by atoms with Gasteiger partial charge in [-0.1, -0.05) is 56.7 Å². The summed E-state index contributed by atoms with van der Waals surface area (Å²) < 4.78 is 11.5. The molecule has 0 saturated carbocycles. The van der Waals surface area contributed by atoms with Crippen molar-refractivity contribution in [1.82, 2.24) is 0 Å².